The Hall–Kier alpha value is -1.39. The number of halogens is 1. The van der Waals surface area contributed by atoms with Crippen molar-refractivity contribution in [1.29, 1.82) is 0 Å². The average Bonchev–Trinajstić information content (AvgIpc) is 2.44. The Morgan fingerprint density at radius 1 is 1.25 bits per heavy atom. The molecule has 106 valence electrons. The van der Waals surface area contributed by atoms with Gasteiger partial charge in [-0.2, -0.15) is 0 Å². The van der Waals surface area contributed by atoms with Gasteiger partial charge in [0.05, 0.1) is 0 Å². The maximum absolute atomic E-state index is 12.1. The van der Waals surface area contributed by atoms with Gasteiger partial charge in [-0.1, -0.05) is 28.1 Å². The van der Waals surface area contributed by atoms with Crippen LogP contribution in [0.5, 0.6) is 0 Å². The Labute approximate surface area is 127 Å². The Bertz CT molecular complexity index is 612. The lowest BCUT2D eigenvalue weighted by Gasteiger charge is -2.13. The van der Waals surface area contributed by atoms with Crippen molar-refractivity contribution < 1.29 is 9.90 Å². The van der Waals surface area contributed by atoms with Crippen LogP contribution in [0, 0.1) is 0 Å². The zero-order valence-corrected chi connectivity index (χ0v) is 13.0. The largest absolute Gasteiger partial charge is 0.396 e. The summed E-state index contributed by atoms with van der Waals surface area (Å²) in [5.74, 6) is -0.0692. The SMILES string of the molecule is C[C@@H](CCCO)NC(=O)c1ccc2cc(Br)ccc2c1. The third kappa shape index (κ3) is 3.81. The number of carbonyl (C=O) groups is 1. The summed E-state index contributed by atoms with van der Waals surface area (Å²) in [5, 5.41) is 13.9. The molecule has 3 nitrogen and oxygen atoms in total. The molecule has 0 bridgehead atoms. The van der Waals surface area contributed by atoms with Crippen LogP contribution >= 0.6 is 15.9 Å². The second-order valence-corrected chi connectivity index (χ2v) is 5.86. The zero-order valence-electron chi connectivity index (χ0n) is 11.4. The zero-order chi connectivity index (χ0) is 14.5. The van der Waals surface area contributed by atoms with Gasteiger partial charge < -0.3 is 10.4 Å². The van der Waals surface area contributed by atoms with Gasteiger partial charge in [0, 0.05) is 22.7 Å². The van der Waals surface area contributed by atoms with Crippen LogP contribution in [0.3, 0.4) is 0 Å². The predicted octanol–water partition coefficient (Wildman–Crippen LogP) is 3.49. The standard InChI is InChI=1S/C16H18BrNO2/c1-11(3-2-8-19)18-16(20)14-5-4-13-10-15(17)7-6-12(13)9-14/h4-7,9-11,19H,2-3,8H2,1H3,(H,18,20)/t11-/m0/s1. The number of aliphatic hydroxyl groups excluding tert-OH is 1. The molecule has 1 atom stereocenters. The highest BCUT2D eigenvalue weighted by Gasteiger charge is 2.10. The van der Waals surface area contributed by atoms with E-state index in [1.165, 1.54) is 0 Å². The van der Waals surface area contributed by atoms with Gasteiger partial charge in [-0.15, -0.1) is 0 Å². The molecule has 0 aliphatic carbocycles. The van der Waals surface area contributed by atoms with Gasteiger partial charge in [0.1, 0.15) is 0 Å². The molecule has 20 heavy (non-hydrogen) atoms. The van der Waals surface area contributed by atoms with Crippen LogP contribution in [-0.2, 0) is 0 Å². The number of fused-ring (bicyclic) bond motifs is 1. The second-order valence-electron chi connectivity index (χ2n) is 4.95. The van der Waals surface area contributed by atoms with Gasteiger partial charge in [-0.25, -0.2) is 0 Å². The van der Waals surface area contributed by atoms with Crippen LogP contribution in [0.2, 0.25) is 0 Å². The Kier molecular flexibility index (Phi) is 5.15. The molecule has 4 heteroatoms. The number of hydrogen-bond donors (Lipinski definition) is 2. The first-order valence-electron chi connectivity index (χ1n) is 6.71. The number of amides is 1. The highest BCUT2D eigenvalue weighted by Crippen LogP contribution is 2.21. The maximum Gasteiger partial charge on any atom is 0.251 e. The van der Waals surface area contributed by atoms with Crippen molar-refractivity contribution in [2.75, 3.05) is 6.61 Å². The molecular formula is C16H18BrNO2. The first-order chi connectivity index (χ1) is 9.60. The molecule has 0 saturated carbocycles. The van der Waals surface area contributed by atoms with Crippen LogP contribution in [0.15, 0.2) is 40.9 Å². The maximum atomic E-state index is 12.1. The summed E-state index contributed by atoms with van der Waals surface area (Å²) < 4.78 is 1.03. The first kappa shape index (κ1) is 15.0. The molecular weight excluding hydrogens is 318 g/mol. The monoisotopic (exact) mass is 335 g/mol. The summed E-state index contributed by atoms with van der Waals surface area (Å²) in [6, 6.07) is 11.7. The number of aliphatic hydroxyl groups is 1. The highest BCUT2D eigenvalue weighted by molar-refractivity contribution is 9.10. The lowest BCUT2D eigenvalue weighted by atomic mass is 10.1. The third-order valence-electron chi connectivity index (χ3n) is 3.24. The van der Waals surface area contributed by atoms with E-state index >= 15 is 0 Å². The molecule has 0 heterocycles. The van der Waals surface area contributed by atoms with Gasteiger partial charge in [0.2, 0.25) is 0 Å². The van der Waals surface area contributed by atoms with Gasteiger partial charge in [0.25, 0.3) is 5.91 Å². The number of carbonyl (C=O) groups excluding carboxylic acids is 1. The van der Waals surface area contributed by atoms with E-state index in [0.717, 1.165) is 21.7 Å². The van der Waals surface area contributed by atoms with Gasteiger partial charge >= 0.3 is 0 Å². The van der Waals surface area contributed by atoms with Gasteiger partial charge in [-0.3, -0.25) is 4.79 Å². The molecule has 0 aliphatic heterocycles. The van der Waals surface area contributed by atoms with E-state index in [1.807, 2.05) is 43.3 Å². The number of hydrogen-bond acceptors (Lipinski definition) is 2. The quantitative estimate of drug-likeness (QED) is 0.878. The van der Waals surface area contributed by atoms with E-state index in [-0.39, 0.29) is 18.6 Å². The Balaban J connectivity index is 2.12. The molecule has 0 radical (unpaired) electrons. The molecule has 0 aliphatic rings. The van der Waals surface area contributed by atoms with Crippen LogP contribution in [-0.4, -0.2) is 23.7 Å². The molecule has 2 aromatic carbocycles. The number of benzene rings is 2. The van der Waals surface area contributed by atoms with E-state index in [2.05, 4.69) is 21.2 Å². The summed E-state index contributed by atoms with van der Waals surface area (Å²) in [4.78, 5) is 12.1. The minimum absolute atomic E-state index is 0.0651. The summed E-state index contributed by atoms with van der Waals surface area (Å²) in [5.41, 5.74) is 0.663. The van der Waals surface area contributed by atoms with Crippen molar-refractivity contribution in [1.82, 2.24) is 5.32 Å². The second kappa shape index (κ2) is 6.86. The summed E-state index contributed by atoms with van der Waals surface area (Å²) in [6.45, 7) is 2.11. The van der Waals surface area contributed by atoms with Crippen LogP contribution < -0.4 is 5.32 Å². The topological polar surface area (TPSA) is 49.3 Å². The smallest absolute Gasteiger partial charge is 0.251 e. The van der Waals surface area contributed by atoms with Crippen molar-refractivity contribution >= 4 is 32.6 Å². The molecule has 0 unspecified atom stereocenters. The molecule has 2 aromatic rings. The van der Waals surface area contributed by atoms with Gasteiger partial charge in [-0.05, 0) is 54.8 Å². The summed E-state index contributed by atoms with van der Waals surface area (Å²) in [7, 11) is 0. The van der Waals surface area contributed by atoms with Crippen LogP contribution in [0.25, 0.3) is 10.8 Å². The third-order valence-corrected chi connectivity index (χ3v) is 3.73. The van der Waals surface area contributed by atoms with Crippen molar-refractivity contribution in [3.63, 3.8) is 0 Å². The molecule has 1 amide bonds. The highest BCUT2D eigenvalue weighted by atomic mass is 79.9. The minimum atomic E-state index is -0.0692. The lowest BCUT2D eigenvalue weighted by Crippen LogP contribution is -2.32. The van der Waals surface area contributed by atoms with Crippen LogP contribution in [0.4, 0.5) is 0 Å². The van der Waals surface area contributed by atoms with E-state index in [4.69, 9.17) is 5.11 Å². The fourth-order valence-corrected chi connectivity index (χ4v) is 2.51. The molecule has 0 saturated heterocycles. The Morgan fingerprint density at radius 3 is 2.70 bits per heavy atom. The molecule has 0 fully saturated rings. The number of rotatable bonds is 5. The Morgan fingerprint density at radius 2 is 1.95 bits per heavy atom. The van der Waals surface area contributed by atoms with Crippen molar-refractivity contribution in [2.45, 2.75) is 25.8 Å². The normalized spacial score (nSPS) is 12.3. The molecule has 0 aromatic heterocycles. The van der Waals surface area contributed by atoms with Gasteiger partial charge in [0.15, 0.2) is 0 Å². The lowest BCUT2D eigenvalue weighted by molar-refractivity contribution is 0.0936. The number of nitrogens with one attached hydrogen (secondary N) is 1. The fourth-order valence-electron chi connectivity index (χ4n) is 2.13. The summed E-state index contributed by atoms with van der Waals surface area (Å²) >= 11 is 3.44. The predicted molar refractivity (Wildman–Crippen MR) is 84.9 cm³/mol. The fraction of sp³-hybridized carbons (Fsp3) is 0.312. The van der Waals surface area contributed by atoms with Crippen molar-refractivity contribution in [3.8, 4) is 0 Å². The van der Waals surface area contributed by atoms with E-state index in [0.29, 0.717) is 12.0 Å². The van der Waals surface area contributed by atoms with Crippen molar-refractivity contribution in [2.24, 2.45) is 0 Å². The van der Waals surface area contributed by atoms with E-state index < -0.39 is 0 Å². The molecule has 2 rings (SSSR count). The van der Waals surface area contributed by atoms with E-state index in [9.17, 15) is 4.79 Å². The molecule has 0 spiro atoms. The average molecular weight is 336 g/mol. The van der Waals surface area contributed by atoms with E-state index in [1.54, 1.807) is 0 Å². The molecule has 2 N–H and O–H groups in total. The van der Waals surface area contributed by atoms with Crippen LogP contribution in [0.1, 0.15) is 30.1 Å². The van der Waals surface area contributed by atoms with Crippen molar-refractivity contribution in [3.05, 3.63) is 46.4 Å². The minimum Gasteiger partial charge on any atom is -0.396 e. The first-order valence-corrected chi connectivity index (χ1v) is 7.50. The summed E-state index contributed by atoms with van der Waals surface area (Å²) in [6.07, 6.45) is 1.48.